The van der Waals surface area contributed by atoms with E-state index in [-0.39, 0.29) is 11.8 Å². The zero-order valence-electron chi connectivity index (χ0n) is 13.1. The molecule has 3 nitrogen and oxygen atoms in total. The second-order valence-electron chi connectivity index (χ2n) is 5.97. The zero-order valence-corrected chi connectivity index (χ0v) is 13.1. The van der Waals surface area contributed by atoms with E-state index in [9.17, 15) is 9.59 Å². The molecular formula is C17H29NO2. The quantitative estimate of drug-likeness (QED) is 0.422. The van der Waals surface area contributed by atoms with Gasteiger partial charge in [-0.2, -0.15) is 0 Å². The molecule has 1 rings (SSSR count). The molecule has 0 aromatic rings. The molecule has 1 aliphatic heterocycles. The Morgan fingerprint density at radius 1 is 0.900 bits per heavy atom. The summed E-state index contributed by atoms with van der Waals surface area (Å²) in [6, 6.07) is 0. The molecule has 1 unspecified atom stereocenters. The Labute approximate surface area is 123 Å². The van der Waals surface area contributed by atoms with Gasteiger partial charge in [-0.3, -0.25) is 14.5 Å². The molecule has 0 aromatic carbocycles. The normalized spacial score (nSPS) is 16.2. The fourth-order valence-electron chi connectivity index (χ4n) is 2.67. The molecule has 1 aliphatic rings. The molecular weight excluding hydrogens is 250 g/mol. The third kappa shape index (κ3) is 6.36. The summed E-state index contributed by atoms with van der Waals surface area (Å²) in [5.41, 5.74) is 0. The van der Waals surface area contributed by atoms with Crippen molar-refractivity contribution in [3.63, 3.8) is 0 Å². The molecule has 0 fully saturated rings. The van der Waals surface area contributed by atoms with Crippen LogP contribution in [0.3, 0.4) is 0 Å². The first-order chi connectivity index (χ1) is 9.65. The van der Waals surface area contributed by atoms with Crippen LogP contribution in [0.25, 0.3) is 0 Å². The highest BCUT2D eigenvalue weighted by Crippen LogP contribution is 2.17. The van der Waals surface area contributed by atoms with Crippen molar-refractivity contribution in [3.05, 3.63) is 12.2 Å². The van der Waals surface area contributed by atoms with Crippen LogP contribution < -0.4 is 0 Å². The molecule has 0 aliphatic carbocycles. The van der Waals surface area contributed by atoms with Crippen LogP contribution in [-0.4, -0.2) is 23.3 Å². The van der Waals surface area contributed by atoms with Gasteiger partial charge in [0, 0.05) is 18.7 Å². The van der Waals surface area contributed by atoms with Crippen molar-refractivity contribution in [1.82, 2.24) is 4.90 Å². The van der Waals surface area contributed by atoms with Crippen LogP contribution in [0.5, 0.6) is 0 Å². The van der Waals surface area contributed by atoms with Gasteiger partial charge in [-0.25, -0.2) is 0 Å². The van der Waals surface area contributed by atoms with Crippen LogP contribution in [0.4, 0.5) is 0 Å². The number of imide groups is 1. The predicted octanol–water partition coefficient (Wildman–Crippen LogP) is 4.08. The third-order valence-electron chi connectivity index (χ3n) is 4.03. The lowest BCUT2D eigenvalue weighted by Gasteiger charge is -2.16. The number of unbranched alkanes of at least 4 members (excludes halogenated alkanes) is 5. The average molecular weight is 279 g/mol. The van der Waals surface area contributed by atoms with Gasteiger partial charge < -0.3 is 0 Å². The SMILES string of the molecule is CCCCCCCCC(C)CCCN1C(=O)C=CC1=O. The van der Waals surface area contributed by atoms with Gasteiger partial charge in [0.2, 0.25) is 0 Å². The topological polar surface area (TPSA) is 37.4 Å². The number of carbonyl (C=O) groups excluding carboxylic acids is 2. The lowest BCUT2D eigenvalue weighted by molar-refractivity contribution is -0.136. The molecule has 0 aromatic heterocycles. The summed E-state index contributed by atoms with van der Waals surface area (Å²) >= 11 is 0. The number of carbonyl (C=O) groups is 2. The van der Waals surface area contributed by atoms with Gasteiger partial charge in [0.25, 0.3) is 11.8 Å². The maximum absolute atomic E-state index is 11.4. The molecule has 114 valence electrons. The summed E-state index contributed by atoms with van der Waals surface area (Å²) in [5, 5.41) is 0. The molecule has 0 saturated carbocycles. The van der Waals surface area contributed by atoms with Crippen molar-refractivity contribution in [2.75, 3.05) is 6.54 Å². The van der Waals surface area contributed by atoms with Crippen molar-refractivity contribution in [2.24, 2.45) is 5.92 Å². The van der Waals surface area contributed by atoms with E-state index >= 15 is 0 Å². The largest absolute Gasteiger partial charge is 0.275 e. The first-order valence-electron chi connectivity index (χ1n) is 8.18. The number of amides is 2. The Balaban J connectivity index is 1.99. The molecule has 0 bridgehead atoms. The number of rotatable bonds is 11. The lowest BCUT2D eigenvalue weighted by atomic mass is 9.97. The molecule has 0 N–H and O–H groups in total. The molecule has 0 spiro atoms. The van der Waals surface area contributed by atoms with Crippen molar-refractivity contribution >= 4 is 11.8 Å². The third-order valence-corrected chi connectivity index (χ3v) is 4.03. The number of hydrogen-bond donors (Lipinski definition) is 0. The molecule has 1 heterocycles. The fourth-order valence-corrected chi connectivity index (χ4v) is 2.67. The van der Waals surface area contributed by atoms with Crippen molar-refractivity contribution in [1.29, 1.82) is 0 Å². The lowest BCUT2D eigenvalue weighted by Crippen LogP contribution is -2.31. The fraction of sp³-hybridized carbons (Fsp3) is 0.765. The van der Waals surface area contributed by atoms with Gasteiger partial charge in [0.15, 0.2) is 0 Å². The second kappa shape index (κ2) is 9.73. The van der Waals surface area contributed by atoms with Gasteiger partial charge in [0.05, 0.1) is 0 Å². The predicted molar refractivity (Wildman–Crippen MR) is 82.3 cm³/mol. The first kappa shape index (κ1) is 16.9. The van der Waals surface area contributed by atoms with Gasteiger partial charge in [0.1, 0.15) is 0 Å². The van der Waals surface area contributed by atoms with Crippen LogP contribution in [0.15, 0.2) is 12.2 Å². The summed E-state index contributed by atoms with van der Waals surface area (Å²) in [5.74, 6) is 0.388. The Hall–Kier alpha value is -1.12. The van der Waals surface area contributed by atoms with E-state index in [2.05, 4.69) is 13.8 Å². The summed E-state index contributed by atoms with van der Waals surface area (Å²) < 4.78 is 0. The van der Waals surface area contributed by atoms with E-state index in [1.54, 1.807) is 0 Å². The van der Waals surface area contributed by atoms with Crippen molar-refractivity contribution in [3.8, 4) is 0 Å². The van der Waals surface area contributed by atoms with E-state index < -0.39 is 0 Å². The molecule has 3 heteroatoms. The van der Waals surface area contributed by atoms with Gasteiger partial charge in [-0.05, 0) is 18.8 Å². The number of hydrogen-bond acceptors (Lipinski definition) is 2. The summed E-state index contributed by atoms with van der Waals surface area (Å²) in [7, 11) is 0. The highest BCUT2D eigenvalue weighted by Gasteiger charge is 2.22. The molecule has 2 amide bonds. The molecule has 0 saturated heterocycles. The Bertz CT molecular complexity index is 318. The second-order valence-corrected chi connectivity index (χ2v) is 5.97. The van der Waals surface area contributed by atoms with Crippen molar-refractivity contribution in [2.45, 2.75) is 71.6 Å². The number of nitrogens with zero attached hydrogens (tertiary/aromatic N) is 1. The van der Waals surface area contributed by atoms with Gasteiger partial charge >= 0.3 is 0 Å². The van der Waals surface area contributed by atoms with E-state index in [4.69, 9.17) is 0 Å². The summed E-state index contributed by atoms with van der Waals surface area (Å²) in [4.78, 5) is 24.1. The minimum atomic E-state index is -0.154. The minimum Gasteiger partial charge on any atom is -0.275 e. The smallest absolute Gasteiger partial charge is 0.253 e. The highest BCUT2D eigenvalue weighted by atomic mass is 16.2. The molecule has 20 heavy (non-hydrogen) atoms. The van der Waals surface area contributed by atoms with E-state index in [0.717, 1.165) is 12.8 Å². The first-order valence-corrected chi connectivity index (χ1v) is 8.18. The Morgan fingerprint density at radius 3 is 2.10 bits per heavy atom. The van der Waals surface area contributed by atoms with E-state index in [1.165, 1.54) is 62.0 Å². The molecule has 0 radical (unpaired) electrons. The Kier molecular flexibility index (Phi) is 8.24. The monoisotopic (exact) mass is 279 g/mol. The minimum absolute atomic E-state index is 0.154. The zero-order chi connectivity index (χ0) is 14.8. The van der Waals surface area contributed by atoms with Gasteiger partial charge in [-0.1, -0.05) is 58.8 Å². The standard InChI is InChI=1S/C17H29NO2/c1-3-4-5-6-7-8-10-15(2)11-9-14-18-16(19)12-13-17(18)20/h12-13,15H,3-11,14H2,1-2H3. The van der Waals surface area contributed by atoms with Crippen molar-refractivity contribution < 1.29 is 9.59 Å². The summed E-state index contributed by atoms with van der Waals surface area (Å²) in [6.07, 6.45) is 14.1. The van der Waals surface area contributed by atoms with Crippen LogP contribution in [0, 0.1) is 5.92 Å². The van der Waals surface area contributed by atoms with Gasteiger partial charge in [-0.15, -0.1) is 0 Å². The summed E-state index contributed by atoms with van der Waals surface area (Å²) in [6.45, 7) is 5.09. The highest BCUT2D eigenvalue weighted by molar-refractivity contribution is 6.12. The Morgan fingerprint density at radius 2 is 1.45 bits per heavy atom. The van der Waals surface area contributed by atoms with Crippen LogP contribution in [-0.2, 0) is 9.59 Å². The van der Waals surface area contributed by atoms with Crippen LogP contribution in [0.1, 0.15) is 71.6 Å². The average Bonchev–Trinajstić information content (AvgIpc) is 2.74. The van der Waals surface area contributed by atoms with Crippen LogP contribution in [0.2, 0.25) is 0 Å². The van der Waals surface area contributed by atoms with E-state index in [0.29, 0.717) is 12.5 Å². The maximum Gasteiger partial charge on any atom is 0.253 e. The maximum atomic E-state index is 11.4. The van der Waals surface area contributed by atoms with E-state index in [1.807, 2.05) is 0 Å². The molecule has 1 atom stereocenters. The van der Waals surface area contributed by atoms with Crippen LogP contribution >= 0.6 is 0 Å².